The zero-order valence-corrected chi connectivity index (χ0v) is 21.7. The molecular weight excluding hydrogens is 496 g/mol. The van der Waals surface area contributed by atoms with Gasteiger partial charge in [-0.1, -0.05) is 96.7 Å². The molecule has 0 saturated heterocycles. The van der Waals surface area contributed by atoms with Crippen LogP contribution in [-0.4, -0.2) is 4.57 Å². The van der Waals surface area contributed by atoms with Gasteiger partial charge in [0.25, 0.3) is 0 Å². The number of aromatic nitrogens is 1. The molecule has 4 heteroatoms. The van der Waals surface area contributed by atoms with Crippen LogP contribution in [0.4, 0.5) is 5.69 Å². The van der Waals surface area contributed by atoms with Gasteiger partial charge in [-0.25, -0.2) is 0 Å². The van der Waals surface area contributed by atoms with Crippen LogP contribution < -0.4 is 5.32 Å². The van der Waals surface area contributed by atoms with Gasteiger partial charge in [0.1, 0.15) is 16.5 Å². The lowest BCUT2D eigenvalue weighted by Crippen LogP contribution is -2.04. The minimum Gasteiger partial charge on any atom is -0.456 e. The summed E-state index contributed by atoms with van der Waals surface area (Å²) in [5.74, 6) is 0. The molecule has 1 atom stereocenters. The van der Waals surface area contributed by atoms with E-state index in [1.54, 1.807) is 0 Å². The molecule has 8 aromatic rings. The van der Waals surface area contributed by atoms with Gasteiger partial charge >= 0.3 is 0 Å². The molecule has 1 unspecified atom stereocenters. The quantitative estimate of drug-likeness (QED) is 0.247. The van der Waals surface area contributed by atoms with E-state index in [0.29, 0.717) is 0 Å². The maximum absolute atomic E-state index is 6.17. The topological polar surface area (TPSA) is 30.1 Å². The fourth-order valence-corrected chi connectivity index (χ4v) is 7.70. The molecule has 1 aliphatic rings. The smallest absolute Gasteiger partial charge is 0.136 e. The summed E-state index contributed by atoms with van der Waals surface area (Å²) in [5.41, 5.74) is 7.99. The Balaban J connectivity index is 1.24. The number of rotatable bonds is 2. The second-order valence-electron chi connectivity index (χ2n) is 10.1. The van der Waals surface area contributed by atoms with Crippen LogP contribution in [0.1, 0.15) is 10.9 Å². The summed E-state index contributed by atoms with van der Waals surface area (Å²) in [4.78, 5) is 1.26. The highest BCUT2D eigenvalue weighted by Gasteiger charge is 2.28. The molecule has 2 aromatic heterocycles. The van der Waals surface area contributed by atoms with E-state index in [2.05, 4.69) is 119 Å². The molecule has 39 heavy (non-hydrogen) atoms. The molecule has 3 nitrogen and oxygen atoms in total. The van der Waals surface area contributed by atoms with Crippen LogP contribution in [0.2, 0.25) is 0 Å². The summed E-state index contributed by atoms with van der Waals surface area (Å²) in [6, 6.07) is 43.4. The Labute approximate surface area is 228 Å². The Bertz CT molecular complexity index is 2200. The van der Waals surface area contributed by atoms with E-state index in [0.717, 1.165) is 11.2 Å². The van der Waals surface area contributed by atoms with E-state index < -0.39 is 0 Å². The summed E-state index contributed by atoms with van der Waals surface area (Å²) in [7, 11) is 0. The van der Waals surface area contributed by atoms with Crippen molar-refractivity contribution in [2.45, 2.75) is 10.3 Å². The van der Waals surface area contributed by atoms with Crippen molar-refractivity contribution in [1.29, 1.82) is 0 Å². The van der Waals surface area contributed by atoms with Crippen LogP contribution >= 0.6 is 11.8 Å². The van der Waals surface area contributed by atoms with Crippen molar-refractivity contribution in [1.82, 2.24) is 4.57 Å². The first-order valence-electron chi connectivity index (χ1n) is 13.2. The van der Waals surface area contributed by atoms with E-state index in [9.17, 15) is 0 Å². The maximum Gasteiger partial charge on any atom is 0.136 e. The number of nitrogens with zero attached hydrogens (tertiary/aromatic N) is 1. The average molecular weight is 519 g/mol. The number of para-hydroxylation sites is 3. The molecule has 1 aliphatic heterocycles. The minimum atomic E-state index is 0.108. The van der Waals surface area contributed by atoms with Gasteiger partial charge in [-0.3, -0.25) is 0 Å². The van der Waals surface area contributed by atoms with E-state index in [-0.39, 0.29) is 5.37 Å². The number of hydrogen-bond donors (Lipinski definition) is 1. The molecule has 9 rings (SSSR count). The molecule has 0 spiro atoms. The fourth-order valence-electron chi connectivity index (χ4n) is 6.36. The van der Waals surface area contributed by atoms with Crippen LogP contribution in [-0.2, 0) is 0 Å². The molecule has 0 saturated carbocycles. The summed E-state index contributed by atoms with van der Waals surface area (Å²) < 4.78 is 8.59. The number of nitrogens with one attached hydrogen (secondary N) is 1. The third kappa shape index (κ3) is 2.95. The summed E-state index contributed by atoms with van der Waals surface area (Å²) in [6.07, 6.45) is 0. The second-order valence-corrected chi connectivity index (χ2v) is 11.3. The highest BCUT2D eigenvalue weighted by molar-refractivity contribution is 8.00. The maximum atomic E-state index is 6.17. The van der Waals surface area contributed by atoms with Crippen LogP contribution in [0.5, 0.6) is 0 Å². The van der Waals surface area contributed by atoms with E-state index in [1.807, 2.05) is 23.9 Å². The van der Waals surface area contributed by atoms with Gasteiger partial charge in [-0.2, -0.15) is 0 Å². The fraction of sp³-hybridized carbons (Fsp3) is 0.0286. The molecular formula is C35H22N2OS. The predicted octanol–water partition coefficient (Wildman–Crippen LogP) is 10.1. The third-order valence-corrected chi connectivity index (χ3v) is 9.32. The van der Waals surface area contributed by atoms with Crippen LogP contribution in [0.25, 0.3) is 60.2 Å². The Morgan fingerprint density at radius 2 is 1.21 bits per heavy atom. The molecule has 0 radical (unpaired) electrons. The first-order chi connectivity index (χ1) is 19.3. The molecule has 6 aromatic carbocycles. The van der Waals surface area contributed by atoms with Crippen molar-refractivity contribution in [3.63, 3.8) is 0 Å². The molecule has 0 amide bonds. The van der Waals surface area contributed by atoms with Gasteiger partial charge in [-0.05, 0) is 47.3 Å². The number of furan rings is 1. The zero-order chi connectivity index (χ0) is 25.5. The number of hydrogen-bond acceptors (Lipinski definition) is 3. The van der Waals surface area contributed by atoms with Crippen LogP contribution in [0, 0.1) is 0 Å². The lowest BCUT2D eigenvalue weighted by molar-refractivity contribution is 0.668. The largest absolute Gasteiger partial charge is 0.456 e. The Morgan fingerprint density at radius 3 is 1.97 bits per heavy atom. The van der Waals surface area contributed by atoms with E-state index in [1.165, 1.54) is 65.2 Å². The van der Waals surface area contributed by atoms with Crippen molar-refractivity contribution in [2.24, 2.45) is 0 Å². The predicted molar refractivity (Wildman–Crippen MR) is 164 cm³/mol. The Hall–Kier alpha value is -4.67. The Morgan fingerprint density at radius 1 is 0.564 bits per heavy atom. The standard InChI is InChI=1S/C35H22N2OS/c1-2-10-22-21(9-1)25(17-19-30(22)37-28-14-6-3-11-23(28)24-12-4-7-15-29(24)37)35-36-27-18-20-32-33(34(27)39-35)26-13-5-8-16-31(26)38-32/h1-20,35-36H. The van der Waals surface area contributed by atoms with Gasteiger partial charge in [0, 0.05) is 37.5 Å². The van der Waals surface area contributed by atoms with Gasteiger partial charge in [0.2, 0.25) is 0 Å². The third-order valence-electron chi connectivity index (χ3n) is 8.06. The van der Waals surface area contributed by atoms with Gasteiger partial charge in [0.05, 0.1) is 16.7 Å². The lowest BCUT2D eigenvalue weighted by atomic mass is 10.0. The SMILES string of the molecule is c1ccc2c(c1)oc1ccc3c(c12)SC(c1ccc(-n2c4ccccc4c4ccccc42)c2ccccc12)N3. The number of thioether (sulfide) groups is 1. The van der Waals surface area contributed by atoms with E-state index in [4.69, 9.17) is 4.42 Å². The van der Waals surface area contributed by atoms with Crippen molar-refractivity contribution in [2.75, 3.05) is 5.32 Å². The molecule has 0 fully saturated rings. The van der Waals surface area contributed by atoms with Crippen LogP contribution in [0.3, 0.4) is 0 Å². The molecule has 184 valence electrons. The monoisotopic (exact) mass is 518 g/mol. The first-order valence-corrected chi connectivity index (χ1v) is 14.1. The first kappa shape index (κ1) is 21.3. The van der Waals surface area contributed by atoms with Gasteiger partial charge < -0.3 is 14.3 Å². The summed E-state index contributed by atoms with van der Waals surface area (Å²) in [6.45, 7) is 0. The Kier molecular flexibility index (Phi) is 4.32. The number of benzene rings is 6. The van der Waals surface area contributed by atoms with Crippen molar-refractivity contribution in [3.8, 4) is 5.69 Å². The van der Waals surface area contributed by atoms with Crippen molar-refractivity contribution < 1.29 is 4.42 Å². The summed E-state index contributed by atoms with van der Waals surface area (Å²) in [5, 5.41) is 11.4. The highest BCUT2D eigenvalue weighted by atomic mass is 32.2. The van der Waals surface area contributed by atoms with Gasteiger partial charge in [-0.15, -0.1) is 0 Å². The zero-order valence-electron chi connectivity index (χ0n) is 20.9. The minimum absolute atomic E-state index is 0.108. The lowest BCUT2D eigenvalue weighted by Gasteiger charge is -2.18. The highest BCUT2D eigenvalue weighted by Crippen LogP contribution is 2.53. The second kappa shape index (κ2) is 7.92. The van der Waals surface area contributed by atoms with Crippen molar-refractivity contribution >= 4 is 72.0 Å². The van der Waals surface area contributed by atoms with E-state index >= 15 is 0 Å². The van der Waals surface area contributed by atoms with Gasteiger partial charge in [0.15, 0.2) is 0 Å². The normalized spacial score (nSPS) is 15.0. The average Bonchev–Trinajstić information content (AvgIpc) is 3.68. The molecule has 1 N–H and O–H groups in total. The molecule has 0 aliphatic carbocycles. The van der Waals surface area contributed by atoms with Crippen LogP contribution in [0.15, 0.2) is 131 Å². The molecule has 0 bridgehead atoms. The van der Waals surface area contributed by atoms with Crippen molar-refractivity contribution in [3.05, 3.63) is 127 Å². The molecule has 3 heterocycles. The summed E-state index contributed by atoms with van der Waals surface area (Å²) >= 11 is 1.88. The number of anilines is 1. The number of fused-ring (bicyclic) bond motifs is 9.